The van der Waals surface area contributed by atoms with Crippen LogP contribution in [-0.2, 0) is 21.4 Å². The third kappa shape index (κ3) is 5.66. The lowest BCUT2D eigenvalue weighted by Crippen LogP contribution is -2.46. The van der Waals surface area contributed by atoms with Crippen molar-refractivity contribution in [3.63, 3.8) is 0 Å². The molecule has 0 bridgehead atoms. The smallest absolute Gasteiger partial charge is 0.238 e. The van der Waals surface area contributed by atoms with E-state index in [9.17, 15) is 13.2 Å². The maximum Gasteiger partial charge on any atom is 0.238 e. The first-order valence-electron chi connectivity index (χ1n) is 11.3. The minimum absolute atomic E-state index is 0.00921. The normalized spacial score (nSPS) is 22.4. The first kappa shape index (κ1) is 23.5. The minimum atomic E-state index is -3.77. The predicted molar refractivity (Wildman–Crippen MR) is 125 cm³/mol. The van der Waals surface area contributed by atoms with Gasteiger partial charge in [0, 0.05) is 18.3 Å². The third-order valence-corrected chi connectivity index (χ3v) is 7.70. The summed E-state index contributed by atoms with van der Waals surface area (Å²) in [6.07, 6.45) is 3.40. The highest BCUT2D eigenvalue weighted by atomic mass is 32.2. The predicted octanol–water partition coefficient (Wildman–Crippen LogP) is 3.33. The molecular formula is C24H31N3O5S. The SMILES string of the molecule is C[C@@H]1[C@H](C)CCC[C@H]1N(CC(=O)Nc1ccc(S(N)(=O)=O)cc1)Cc1ccc2c(c1)OCO2. The Labute approximate surface area is 195 Å². The molecule has 1 aliphatic heterocycles. The van der Waals surface area contributed by atoms with Crippen LogP contribution < -0.4 is 19.9 Å². The summed E-state index contributed by atoms with van der Waals surface area (Å²) in [6, 6.07) is 12.1. The average molecular weight is 474 g/mol. The van der Waals surface area contributed by atoms with E-state index in [1.165, 1.54) is 18.6 Å². The Kier molecular flexibility index (Phi) is 6.92. The molecule has 8 nitrogen and oxygen atoms in total. The number of carbonyl (C=O) groups is 1. The molecule has 33 heavy (non-hydrogen) atoms. The lowest BCUT2D eigenvalue weighted by Gasteiger charge is -2.41. The molecule has 2 aliphatic rings. The second-order valence-electron chi connectivity index (χ2n) is 9.04. The minimum Gasteiger partial charge on any atom is -0.454 e. The second kappa shape index (κ2) is 9.70. The van der Waals surface area contributed by atoms with Crippen molar-refractivity contribution in [3.8, 4) is 11.5 Å². The van der Waals surface area contributed by atoms with Gasteiger partial charge >= 0.3 is 0 Å². The van der Waals surface area contributed by atoms with Gasteiger partial charge < -0.3 is 14.8 Å². The Morgan fingerprint density at radius 3 is 2.55 bits per heavy atom. The first-order valence-corrected chi connectivity index (χ1v) is 12.8. The summed E-state index contributed by atoms with van der Waals surface area (Å²) in [4.78, 5) is 15.2. The number of nitrogens with zero attached hydrogens (tertiary/aromatic N) is 1. The van der Waals surface area contributed by atoms with Crippen molar-refractivity contribution in [1.82, 2.24) is 4.90 Å². The average Bonchev–Trinajstić information content (AvgIpc) is 3.23. The Hall–Kier alpha value is -2.62. The number of nitrogens with one attached hydrogen (secondary N) is 1. The number of amides is 1. The Balaban J connectivity index is 1.49. The van der Waals surface area contributed by atoms with Crippen LogP contribution in [0.3, 0.4) is 0 Å². The van der Waals surface area contributed by atoms with Crippen LogP contribution in [0.1, 0.15) is 38.7 Å². The standard InChI is InChI=1S/C24H31N3O5S/c1-16-4-3-5-21(17(16)2)27(13-18-6-11-22-23(12-18)32-15-31-22)14-24(28)26-19-7-9-20(10-8-19)33(25,29)30/h6-12,16-17,21H,3-5,13-15H2,1-2H3,(H,26,28)(H2,25,29,30)/t16-,17-,21-/m1/s1. The van der Waals surface area contributed by atoms with Crippen LogP contribution in [0, 0.1) is 11.8 Å². The van der Waals surface area contributed by atoms with E-state index in [0.29, 0.717) is 24.1 Å². The molecule has 2 aromatic rings. The highest BCUT2D eigenvalue weighted by molar-refractivity contribution is 7.89. The van der Waals surface area contributed by atoms with Gasteiger partial charge in [0.15, 0.2) is 11.5 Å². The van der Waals surface area contributed by atoms with E-state index in [4.69, 9.17) is 14.6 Å². The van der Waals surface area contributed by atoms with Gasteiger partial charge in [-0.3, -0.25) is 9.69 Å². The molecule has 3 atom stereocenters. The van der Waals surface area contributed by atoms with Gasteiger partial charge in [-0.25, -0.2) is 13.6 Å². The molecule has 4 rings (SSSR count). The number of anilines is 1. The van der Waals surface area contributed by atoms with Crippen LogP contribution in [0.2, 0.25) is 0 Å². The van der Waals surface area contributed by atoms with E-state index in [1.54, 1.807) is 12.1 Å². The largest absolute Gasteiger partial charge is 0.454 e. The Morgan fingerprint density at radius 2 is 1.82 bits per heavy atom. The number of benzene rings is 2. The molecule has 178 valence electrons. The van der Waals surface area contributed by atoms with E-state index in [2.05, 4.69) is 24.1 Å². The van der Waals surface area contributed by atoms with Gasteiger partial charge in [-0.1, -0.05) is 32.8 Å². The van der Waals surface area contributed by atoms with Crippen molar-refractivity contribution in [2.45, 2.75) is 50.6 Å². The van der Waals surface area contributed by atoms with Gasteiger partial charge in [-0.15, -0.1) is 0 Å². The molecule has 1 amide bonds. The number of ether oxygens (including phenoxy) is 2. The zero-order chi connectivity index (χ0) is 23.6. The topological polar surface area (TPSA) is 111 Å². The number of primary sulfonamides is 1. The molecule has 9 heteroatoms. The highest BCUT2D eigenvalue weighted by Gasteiger charge is 2.32. The maximum atomic E-state index is 13.0. The number of carbonyl (C=O) groups excluding carboxylic acids is 1. The number of rotatable bonds is 7. The maximum absolute atomic E-state index is 13.0. The van der Waals surface area contributed by atoms with E-state index in [-0.39, 0.29) is 30.2 Å². The van der Waals surface area contributed by atoms with Crippen molar-refractivity contribution in [2.24, 2.45) is 17.0 Å². The molecule has 1 heterocycles. The lowest BCUT2D eigenvalue weighted by atomic mass is 9.77. The van der Waals surface area contributed by atoms with Gasteiger partial charge in [0.2, 0.25) is 22.7 Å². The van der Waals surface area contributed by atoms with Crippen LogP contribution >= 0.6 is 0 Å². The molecule has 0 unspecified atom stereocenters. The van der Waals surface area contributed by atoms with Crippen LogP contribution in [0.15, 0.2) is 47.4 Å². The second-order valence-corrected chi connectivity index (χ2v) is 10.6. The van der Waals surface area contributed by atoms with Crippen molar-refractivity contribution >= 4 is 21.6 Å². The fourth-order valence-electron chi connectivity index (χ4n) is 4.75. The monoisotopic (exact) mass is 473 g/mol. The summed E-state index contributed by atoms with van der Waals surface area (Å²) in [5, 5.41) is 8.03. The molecule has 1 fully saturated rings. The summed E-state index contributed by atoms with van der Waals surface area (Å²) < 4.78 is 33.9. The van der Waals surface area contributed by atoms with Crippen LogP contribution in [-0.4, -0.2) is 38.6 Å². The van der Waals surface area contributed by atoms with E-state index >= 15 is 0 Å². The number of fused-ring (bicyclic) bond motifs is 1. The summed E-state index contributed by atoms with van der Waals surface area (Å²) in [5.41, 5.74) is 1.59. The van der Waals surface area contributed by atoms with Gasteiger partial charge in [0.05, 0.1) is 11.4 Å². The molecule has 1 saturated carbocycles. The molecule has 0 saturated heterocycles. The summed E-state index contributed by atoms with van der Waals surface area (Å²) >= 11 is 0. The fraction of sp³-hybridized carbons (Fsp3) is 0.458. The molecule has 1 aliphatic carbocycles. The lowest BCUT2D eigenvalue weighted by molar-refractivity contribution is -0.118. The summed E-state index contributed by atoms with van der Waals surface area (Å²) in [7, 11) is -3.77. The number of hydrogen-bond donors (Lipinski definition) is 2. The van der Waals surface area contributed by atoms with Crippen LogP contribution in [0.5, 0.6) is 11.5 Å². The number of nitrogens with two attached hydrogens (primary N) is 1. The molecule has 0 spiro atoms. The molecule has 3 N–H and O–H groups in total. The van der Waals surface area contributed by atoms with Crippen molar-refractivity contribution in [3.05, 3.63) is 48.0 Å². The number of hydrogen-bond acceptors (Lipinski definition) is 6. The highest BCUT2D eigenvalue weighted by Crippen LogP contribution is 2.36. The molecule has 0 radical (unpaired) electrons. The Morgan fingerprint density at radius 1 is 1.09 bits per heavy atom. The molecule has 0 aromatic heterocycles. The van der Waals surface area contributed by atoms with Crippen molar-refractivity contribution in [1.29, 1.82) is 0 Å². The summed E-state index contributed by atoms with van der Waals surface area (Å²) in [6.45, 7) is 5.63. The number of sulfonamides is 1. The fourth-order valence-corrected chi connectivity index (χ4v) is 5.26. The van der Waals surface area contributed by atoms with E-state index < -0.39 is 10.0 Å². The van der Waals surface area contributed by atoms with Crippen molar-refractivity contribution < 1.29 is 22.7 Å². The van der Waals surface area contributed by atoms with Crippen molar-refractivity contribution in [2.75, 3.05) is 18.7 Å². The summed E-state index contributed by atoms with van der Waals surface area (Å²) in [5.74, 6) is 2.39. The van der Waals surface area contributed by atoms with Gasteiger partial charge in [0.25, 0.3) is 0 Å². The zero-order valence-electron chi connectivity index (χ0n) is 19.0. The van der Waals surface area contributed by atoms with Crippen LogP contribution in [0.4, 0.5) is 5.69 Å². The quantitative estimate of drug-likeness (QED) is 0.638. The zero-order valence-corrected chi connectivity index (χ0v) is 19.8. The van der Waals surface area contributed by atoms with E-state index in [0.717, 1.165) is 29.9 Å². The molecule has 2 aromatic carbocycles. The van der Waals surface area contributed by atoms with Gasteiger partial charge in [-0.05, 0) is 60.2 Å². The third-order valence-electron chi connectivity index (χ3n) is 6.77. The van der Waals surface area contributed by atoms with E-state index in [1.807, 2.05) is 18.2 Å². The Bertz CT molecular complexity index is 1100. The first-order chi connectivity index (χ1) is 15.7. The van der Waals surface area contributed by atoms with Crippen LogP contribution in [0.25, 0.3) is 0 Å². The molecular weight excluding hydrogens is 442 g/mol. The van der Waals surface area contributed by atoms with Gasteiger partial charge in [0.1, 0.15) is 0 Å². The van der Waals surface area contributed by atoms with Gasteiger partial charge in [-0.2, -0.15) is 0 Å².